The van der Waals surface area contributed by atoms with E-state index in [9.17, 15) is 0 Å². The summed E-state index contributed by atoms with van der Waals surface area (Å²) in [7, 11) is 3.22. The van der Waals surface area contributed by atoms with E-state index in [1.54, 1.807) is 20.4 Å². The molecule has 0 atom stereocenters. The van der Waals surface area contributed by atoms with Gasteiger partial charge in [0.1, 0.15) is 0 Å². The van der Waals surface area contributed by atoms with Crippen molar-refractivity contribution >= 4 is 17.5 Å². The largest absolute Gasteiger partial charge is 0.493 e. The Labute approximate surface area is 135 Å². The second-order valence-corrected chi connectivity index (χ2v) is 5.49. The summed E-state index contributed by atoms with van der Waals surface area (Å²) in [6.07, 6.45) is 6.44. The van der Waals surface area contributed by atoms with Crippen LogP contribution in [0.3, 0.4) is 0 Å². The third-order valence-electron chi connectivity index (χ3n) is 3.90. The van der Waals surface area contributed by atoms with E-state index in [0.29, 0.717) is 29.3 Å². The number of nitrogens with zero attached hydrogens (tertiary/aromatic N) is 3. The number of ether oxygens (including phenoxy) is 2. The molecule has 1 aliphatic rings. The minimum absolute atomic E-state index is 0.452. The molecule has 3 rings (SSSR count). The molecule has 1 heterocycles. The van der Waals surface area contributed by atoms with E-state index >= 15 is 0 Å². The number of hydrogen-bond acceptors (Lipinski definition) is 7. The van der Waals surface area contributed by atoms with Crippen molar-refractivity contribution in [1.29, 1.82) is 0 Å². The van der Waals surface area contributed by atoms with Crippen LogP contribution in [-0.4, -0.2) is 35.4 Å². The van der Waals surface area contributed by atoms with Crippen molar-refractivity contribution in [2.24, 2.45) is 0 Å². The molecule has 1 aromatic carbocycles. The lowest BCUT2D eigenvalue weighted by Gasteiger charge is -2.13. The smallest absolute Gasteiger partial charge is 0.244 e. The standard InChI is InChI=1S/C16H21N5O2/c1-22-13-8-7-12(9-14(13)23-2)18-15-10-17-21-16(20-15)19-11-5-3-4-6-11/h7-11H,3-6H2,1-2H3,(H2,18,19,20,21). The molecule has 1 aliphatic carbocycles. The lowest BCUT2D eigenvalue weighted by atomic mass is 10.2. The zero-order chi connectivity index (χ0) is 16.1. The number of hydrogen-bond donors (Lipinski definition) is 2. The Morgan fingerprint density at radius 3 is 2.61 bits per heavy atom. The van der Waals surface area contributed by atoms with Crippen molar-refractivity contribution in [2.75, 3.05) is 24.9 Å². The zero-order valence-corrected chi connectivity index (χ0v) is 13.4. The van der Waals surface area contributed by atoms with Crippen molar-refractivity contribution in [2.45, 2.75) is 31.7 Å². The highest BCUT2D eigenvalue weighted by Gasteiger charge is 2.16. The Hall–Kier alpha value is -2.57. The molecule has 2 N–H and O–H groups in total. The second kappa shape index (κ2) is 7.13. The number of anilines is 3. The van der Waals surface area contributed by atoms with Crippen LogP contribution >= 0.6 is 0 Å². The van der Waals surface area contributed by atoms with Gasteiger partial charge in [0.15, 0.2) is 17.3 Å². The summed E-state index contributed by atoms with van der Waals surface area (Å²) in [6.45, 7) is 0. The number of nitrogens with one attached hydrogen (secondary N) is 2. The number of rotatable bonds is 6. The van der Waals surface area contributed by atoms with Crippen LogP contribution in [0.5, 0.6) is 11.5 Å². The van der Waals surface area contributed by atoms with Crippen LogP contribution in [0.2, 0.25) is 0 Å². The molecule has 0 unspecified atom stereocenters. The van der Waals surface area contributed by atoms with Gasteiger partial charge >= 0.3 is 0 Å². The van der Waals surface area contributed by atoms with Gasteiger partial charge in [-0.3, -0.25) is 0 Å². The minimum Gasteiger partial charge on any atom is -0.493 e. The van der Waals surface area contributed by atoms with E-state index in [4.69, 9.17) is 9.47 Å². The Morgan fingerprint density at radius 2 is 1.87 bits per heavy atom. The van der Waals surface area contributed by atoms with Crippen LogP contribution in [0.4, 0.5) is 17.5 Å². The highest BCUT2D eigenvalue weighted by atomic mass is 16.5. The van der Waals surface area contributed by atoms with Crippen LogP contribution in [0.25, 0.3) is 0 Å². The van der Waals surface area contributed by atoms with Gasteiger partial charge in [-0.05, 0) is 25.0 Å². The first-order valence-electron chi connectivity index (χ1n) is 7.74. The molecular formula is C16H21N5O2. The SMILES string of the molecule is COc1ccc(Nc2cnnc(NC3CCCC3)n2)cc1OC. The monoisotopic (exact) mass is 315 g/mol. The molecular weight excluding hydrogens is 294 g/mol. The Bertz CT molecular complexity index is 659. The summed E-state index contributed by atoms with van der Waals surface area (Å²) in [5.41, 5.74) is 0.843. The topological polar surface area (TPSA) is 81.2 Å². The van der Waals surface area contributed by atoms with Crippen molar-refractivity contribution in [3.63, 3.8) is 0 Å². The quantitative estimate of drug-likeness (QED) is 0.848. The van der Waals surface area contributed by atoms with Crippen LogP contribution in [-0.2, 0) is 0 Å². The van der Waals surface area contributed by atoms with E-state index in [2.05, 4.69) is 25.8 Å². The number of benzene rings is 1. The third kappa shape index (κ3) is 3.80. The molecule has 1 fully saturated rings. The Kier molecular flexibility index (Phi) is 4.75. The summed E-state index contributed by atoms with van der Waals surface area (Å²) >= 11 is 0. The first-order chi connectivity index (χ1) is 11.3. The van der Waals surface area contributed by atoms with E-state index in [-0.39, 0.29) is 0 Å². The van der Waals surface area contributed by atoms with Gasteiger partial charge in [-0.25, -0.2) is 0 Å². The molecule has 0 radical (unpaired) electrons. The van der Waals surface area contributed by atoms with Gasteiger partial charge in [-0.2, -0.15) is 10.1 Å². The average Bonchev–Trinajstić information content (AvgIpc) is 3.08. The lowest BCUT2D eigenvalue weighted by Crippen LogP contribution is -2.17. The molecule has 0 spiro atoms. The van der Waals surface area contributed by atoms with Crippen molar-refractivity contribution in [3.8, 4) is 11.5 Å². The zero-order valence-electron chi connectivity index (χ0n) is 13.4. The molecule has 1 saturated carbocycles. The van der Waals surface area contributed by atoms with E-state index in [0.717, 1.165) is 18.5 Å². The molecule has 0 aliphatic heterocycles. The first-order valence-corrected chi connectivity index (χ1v) is 7.74. The van der Waals surface area contributed by atoms with Gasteiger partial charge in [-0.15, -0.1) is 5.10 Å². The molecule has 122 valence electrons. The highest BCUT2D eigenvalue weighted by molar-refractivity contribution is 5.61. The van der Waals surface area contributed by atoms with Gasteiger partial charge in [-0.1, -0.05) is 12.8 Å². The lowest BCUT2D eigenvalue weighted by molar-refractivity contribution is 0.355. The maximum Gasteiger partial charge on any atom is 0.244 e. The number of methoxy groups -OCH3 is 2. The fraction of sp³-hybridized carbons (Fsp3) is 0.438. The summed E-state index contributed by atoms with van der Waals surface area (Å²) in [5, 5.41) is 14.6. The Balaban J connectivity index is 1.72. The molecule has 1 aromatic heterocycles. The minimum atomic E-state index is 0.452. The summed E-state index contributed by atoms with van der Waals surface area (Å²) in [6, 6.07) is 6.04. The van der Waals surface area contributed by atoms with Gasteiger partial charge in [0.25, 0.3) is 0 Å². The van der Waals surface area contributed by atoms with E-state index in [1.807, 2.05) is 18.2 Å². The van der Waals surface area contributed by atoms with Crippen LogP contribution < -0.4 is 20.1 Å². The van der Waals surface area contributed by atoms with E-state index in [1.165, 1.54) is 12.8 Å². The predicted octanol–water partition coefficient (Wildman–Crippen LogP) is 2.99. The third-order valence-corrected chi connectivity index (χ3v) is 3.90. The van der Waals surface area contributed by atoms with Gasteiger partial charge in [0, 0.05) is 17.8 Å². The van der Waals surface area contributed by atoms with E-state index < -0.39 is 0 Å². The van der Waals surface area contributed by atoms with Crippen LogP contribution in [0, 0.1) is 0 Å². The number of aromatic nitrogens is 3. The molecule has 23 heavy (non-hydrogen) atoms. The van der Waals surface area contributed by atoms with Gasteiger partial charge < -0.3 is 20.1 Å². The fourth-order valence-corrected chi connectivity index (χ4v) is 2.74. The molecule has 2 aromatic rings. The average molecular weight is 315 g/mol. The maximum atomic E-state index is 5.30. The molecule has 0 amide bonds. The summed E-state index contributed by atoms with van der Waals surface area (Å²) in [4.78, 5) is 4.46. The van der Waals surface area contributed by atoms with Gasteiger partial charge in [0.05, 0.1) is 20.4 Å². The summed E-state index contributed by atoms with van der Waals surface area (Å²) < 4.78 is 10.5. The van der Waals surface area contributed by atoms with Crippen LogP contribution in [0.15, 0.2) is 24.4 Å². The highest BCUT2D eigenvalue weighted by Crippen LogP contribution is 2.30. The van der Waals surface area contributed by atoms with Crippen molar-refractivity contribution in [3.05, 3.63) is 24.4 Å². The fourth-order valence-electron chi connectivity index (χ4n) is 2.74. The van der Waals surface area contributed by atoms with Crippen molar-refractivity contribution in [1.82, 2.24) is 15.2 Å². The summed E-state index contributed by atoms with van der Waals surface area (Å²) in [5.74, 6) is 2.53. The molecule has 0 bridgehead atoms. The van der Waals surface area contributed by atoms with Crippen LogP contribution in [0.1, 0.15) is 25.7 Å². The van der Waals surface area contributed by atoms with Crippen molar-refractivity contribution < 1.29 is 9.47 Å². The molecule has 0 saturated heterocycles. The first kappa shape index (κ1) is 15.3. The molecule has 7 nitrogen and oxygen atoms in total. The second-order valence-electron chi connectivity index (χ2n) is 5.49. The maximum absolute atomic E-state index is 5.30. The molecule has 7 heteroatoms. The predicted molar refractivity (Wildman–Crippen MR) is 88.5 cm³/mol. The normalized spacial score (nSPS) is 14.5. The Morgan fingerprint density at radius 1 is 1.09 bits per heavy atom. The van der Waals surface area contributed by atoms with Gasteiger partial charge in [0.2, 0.25) is 5.95 Å².